The molecule has 0 aliphatic carbocycles. The van der Waals surface area contributed by atoms with Crippen molar-refractivity contribution in [2.24, 2.45) is 0 Å². The fraction of sp³-hybridized carbons (Fsp3) is 0.300. The van der Waals surface area contributed by atoms with E-state index >= 15 is 0 Å². The Morgan fingerprint density at radius 3 is 2.54 bits per heavy atom. The molecule has 0 spiro atoms. The van der Waals surface area contributed by atoms with E-state index in [1.54, 1.807) is 0 Å². The summed E-state index contributed by atoms with van der Waals surface area (Å²) in [6.07, 6.45) is 0.616. The first-order valence-electron chi connectivity index (χ1n) is 4.43. The largest absolute Gasteiger partial charge is 0.271 e. The van der Waals surface area contributed by atoms with E-state index in [0.29, 0.717) is 11.0 Å². The average Bonchev–Trinajstić information content (AvgIpc) is 2.49. The molecule has 0 saturated carbocycles. The van der Waals surface area contributed by atoms with E-state index in [-0.39, 0.29) is 5.91 Å². The van der Waals surface area contributed by atoms with E-state index in [1.165, 1.54) is 0 Å². The molecule has 1 N–H and O–H groups in total. The summed E-state index contributed by atoms with van der Waals surface area (Å²) < 4.78 is 0.527. The fourth-order valence-electron chi connectivity index (χ4n) is 1.66. The van der Waals surface area contributed by atoms with E-state index in [4.69, 9.17) is 0 Å². The van der Waals surface area contributed by atoms with Gasteiger partial charge in [0.1, 0.15) is 6.54 Å². The third-order valence-corrected chi connectivity index (χ3v) is 2.48. The molecule has 1 amide bonds. The number of rotatable bonds is 1. The zero-order valence-corrected chi connectivity index (χ0v) is 7.66. The lowest BCUT2D eigenvalue weighted by Crippen LogP contribution is -2.52. The minimum absolute atomic E-state index is 0.131. The van der Waals surface area contributed by atoms with Gasteiger partial charge in [0, 0.05) is 12.1 Å². The van der Waals surface area contributed by atoms with Crippen molar-refractivity contribution in [3.63, 3.8) is 0 Å². The molecule has 2 rings (SSSR count). The van der Waals surface area contributed by atoms with Gasteiger partial charge in [0.25, 0.3) is 5.91 Å². The van der Waals surface area contributed by atoms with Gasteiger partial charge in [-0.05, 0) is 0 Å². The number of carbonyl (C=O) groups excluding carboxylic acids is 1. The van der Waals surface area contributed by atoms with Crippen LogP contribution in [0.5, 0.6) is 0 Å². The van der Waals surface area contributed by atoms with Crippen molar-refractivity contribution < 1.29 is 4.79 Å². The van der Waals surface area contributed by atoms with E-state index in [9.17, 15) is 4.79 Å². The molecule has 3 heteroatoms. The molecule has 1 aromatic rings. The third-order valence-electron chi connectivity index (χ3n) is 2.48. The second-order valence-electron chi connectivity index (χ2n) is 3.54. The number of para-hydroxylation sites is 1. The number of hydrogen-bond acceptors (Lipinski definition) is 1. The highest BCUT2D eigenvalue weighted by atomic mass is 16.2. The number of quaternary nitrogens is 1. The quantitative estimate of drug-likeness (QED) is 0.638. The van der Waals surface area contributed by atoms with Gasteiger partial charge in [-0.2, -0.15) is 10.0 Å². The van der Waals surface area contributed by atoms with Crippen molar-refractivity contribution in [1.29, 1.82) is 0 Å². The smallest absolute Gasteiger partial charge is 0.270 e. The van der Waals surface area contributed by atoms with Crippen LogP contribution in [-0.4, -0.2) is 19.5 Å². The summed E-state index contributed by atoms with van der Waals surface area (Å²) in [5.41, 5.74) is 4.08. The Morgan fingerprint density at radius 1 is 1.31 bits per heavy atom. The Labute approximate surface area is 77.5 Å². The third kappa shape index (κ3) is 1.42. The maximum Gasteiger partial charge on any atom is 0.271 e. The van der Waals surface area contributed by atoms with Crippen LogP contribution in [0.2, 0.25) is 0 Å². The molecule has 1 heterocycles. The summed E-state index contributed by atoms with van der Waals surface area (Å²) in [4.78, 5) is 11.1. The summed E-state index contributed by atoms with van der Waals surface area (Å²) in [6, 6.07) is 10.0. The Bertz CT molecular complexity index is 323. The summed E-state index contributed by atoms with van der Waals surface area (Å²) in [5, 5.41) is 0. The summed E-state index contributed by atoms with van der Waals surface area (Å²) in [6.45, 7) is 0.836. The number of nitrogens with one attached hydrogen (secondary N) is 1. The van der Waals surface area contributed by atoms with Gasteiger partial charge >= 0.3 is 0 Å². The molecule has 1 saturated heterocycles. The lowest BCUT2D eigenvalue weighted by atomic mass is 10.3. The molecule has 0 radical (unpaired) electrons. The van der Waals surface area contributed by atoms with Crippen molar-refractivity contribution in [1.82, 2.24) is 10.0 Å². The van der Waals surface area contributed by atoms with Gasteiger partial charge in [0.15, 0.2) is 5.69 Å². The van der Waals surface area contributed by atoms with Crippen LogP contribution in [0.4, 0.5) is 5.69 Å². The molecule has 1 aromatic carbocycles. The van der Waals surface area contributed by atoms with Gasteiger partial charge in [0.05, 0.1) is 13.5 Å². The number of nitrogens with zero attached hydrogens (tertiary/aromatic N) is 1. The van der Waals surface area contributed by atoms with Crippen molar-refractivity contribution in [2.75, 3.05) is 13.6 Å². The van der Waals surface area contributed by atoms with Gasteiger partial charge in [-0.25, -0.2) is 0 Å². The minimum Gasteiger partial charge on any atom is -0.270 e. The van der Waals surface area contributed by atoms with Crippen LogP contribution in [-0.2, 0) is 4.79 Å². The monoisotopic (exact) mass is 177 g/mol. The molecule has 0 bridgehead atoms. The molecule has 1 fully saturated rings. The van der Waals surface area contributed by atoms with Gasteiger partial charge < -0.3 is 0 Å². The zero-order chi connectivity index (χ0) is 9.31. The van der Waals surface area contributed by atoms with Gasteiger partial charge in [-0.3, -0.25) is 4.79 Å². The van der Waals surface area contributed by atoms with Crippen molar-refractivity contribution in [3.05, 3.63) is 30.3 Å². The molecular weight excluding hydrogens is 164 g/mol. The predicted molar refractivity (Wildman–Crippen MR) is 51.8 cm³/mol. The molecule has 1 aliphatic heterocycles. The molecule has 1 atom stereocenters. The van der Waals surface area contributed by atoms with Crippen LogP contribution in [0.25, 0.3) is 0 Å². The first kappa shape index (κ1) is 8.26. The van der Waals surface area contributed by atoms with Gasteiger partial charge in [-0.15, -0.1) is 0 Å². The maximum atomic E-state index is 11.1. The van der Waals surface area contributed by atoms with Crippen LogP contribution < -0.4 is 10.0 Å². The Balaban J connectivity index is 2.31. The fourth-order valence-corrected chi connectivity index (χ4v) is 1.66. The summed E-state index contributed by atoms with van der Waals surface area (Å²) >= 11 is 0. The Hall–Kier alpha value is -1.35. The van der Waals surface area contributed by atoms with E-state index in [2.05, 4.69) is 5.43 Å². The normalized spacial score (nSPS) is 27.3. The lowest BCUT2D eigenvalue weighted by molar-refractivity contribution is -0.120. The lowest BCUT2D eigenvalue weighted by Gasteiger charge is -2.26. The van der Waals surface area contributed by atoms with Crippen molar-refractivity contribution in [3.8, 4) is 0 Å². The zero-order valence-electron chi connectivity index (χ0n) is 7.66. The first-order chi connectivity index (χ1) is 6.21. The highest BCUT2D eigenvalue weighted by Crippen LogP contribution is 2.21. The maximum absolute atomic E-state index is 11.1. The molecule has 1 aliphatic rings. The van der Waals surface area contributed by atoms with Gasteiger partial charge in [-0.1, -0.05) is 18.2 Å². The number of benzene rings is 1. The molecule has 3 nitrogen and oxygen atoms in total. The van der Waals surface area contributed by atoms with E-state index in [0.717, 1.165) is 12.2 Å². The van der Waals surface area contributed by atoms with E-state index < -0.39 is 0 Å². The van der Waals surface area contributed by atoms with Crippen LogP contribution in [0.3, 0.4) is 0 Å². The molecule has 1 unspecified atom stereocenters. The average molecular weight is 177 g/mol. The van der Waals surface area contributed by atoms with Crippen molar-refractivity contribution in [2.45, 2.75) is 6.42 Å². The Kier molecular flexibility index (Phi) is 1.81. The van der Waals surface area contributed by atoms with Crippen LogP contribution in [0.1, 0.15) is 6.42 Å². The van der Waals surface area contributed by atoms with Crippen molar-refractivity contribution >= 4 is 11.6 Å². The SMILES string of the molecule is C[N+]1(c2ccccc2)CCC(=O)N1. The topological polar surface area (TPSA) is 29.1 Å². The van der Waals surface area contributed by atoms with E-state index in [1.807, 2.05) is 37.4 Å². The second kappa shape index (κ2) is 2.85. The highest BCUT2D eigenvalue weighted by Gasteiger charge is 2.34. The van der Waals surface area contributed by atoms with Crippen LogP contribution in [0, 0.1) is 0 Å². The van der Waals surface area contributed by atoms with Crippen LogP contribution >= 0.6 is 0 Å². The highest BCUT2D eigenvalue weighted by molar-refractivity contribution is 5.80. The van der Waals surface area contributed by atoms with Gasteiger partial charge in [0.2, 0.25) is 0 Å². The Morgan fingerprint density at radius 2 is 2.00 bits per heavy atom. The van der Waals surface area contributed by atoms with Crippen LogP contribution in [0.15, 0.2) is 30.3 Å². The number of hydrogen-bond donors (Lipinski definition) is 1. The minimum atomic E-state index is 0.131. The standard InChI is InChI=1S/C10H12N2O/c1-12(8-7-10(13)11-12)9-5-3-2-4-6-9/h2-6H,7-8H2,1H3/p+1. The first-order valence-corrected chi connectivity index (χ1v) is 4.43. The summed E-state index contributed by atoms with van der Waals surface area (Å²) in [5.74, 6) is 0.131. The number of carbonyl (C=O) groups is 1. The number of amides is 1. The molecular formula is C10H13N2O+. The second-order valence-corrected chi connectivity index (χ2v) is 3.54. The predicted octanol–water partition coefficient (Wildman–Crippen LogP) is 1.06. The molecule has 13 heavy (non-hydrogen) atoms. The molecule has 0 aromatic heterocycles. The summed E-state index contributed by atoms with van der Waals surface area (Å²) in [7, 11) is 2.01. The molecule has 68 valence electrons.